The van der Waals surface area contributed by atoms with Gasteiger partial charge in [-0.25, -0.2) is 9.37 Å². The van der Waals surface area contributed by atoms with Crippen LogP contribution >= 0.6 is 0 Å². The van der Waals surface area contributed by atoms with Gasteiger partial charge in [0.2, 0.25) is 5.89 Å². The van der Waals surface area contributed by atoms with E-state index in [9.17, 15) is 4.39 Å². The molecule has 0 bridgehead atoms. The van der Waals surface area contributed by atoms with Crippen molar-refractivity contribution in [2.75, 3.05) is 13.1 Å². The second-order valence-corrected chi connectivity index (χ2v) is 7.30. The molecule has 1 saturated heterocycles. The van der Waals surface area contributed by atoms with E-state index < -0.39 is 0 Å². The number of ether oxygens (including phenoxy) is 1. The Kier molecular flexibility index (Phi) is 5.84. The lowest BCUT2D eigenvalue weighted by molar-refractivity contribution is -0.0123. The molecular weight excluding hydrogens is 355 g/mol. The van der Waals surface area contributed by atoms with E-state index in [1.807, 2.05) is 25.1 Å². The number of hydrogen-bond acceptors (Lipinski definition) is 4. The summed E-state index contributed by atoms with van der Waals surface area (Å²) in [5.41, 5.74) is 2.46. The van der Waals surface area contributed by atoms with Gasteiger partial charge in [-0.15, -0.1) is 0 Å². The summed E-state index contributed by atoms with van der Waals surface area (Å²) < 4.78 is 25.9. The highest BCUT2D eigenvalue weighted by Crippen LogP contribution is 2.26. The fourth-order valence-corrected chi connectivity index (χ4v) is 3.62. The van der Waals surface area contributed by atoms with E-state index in [2.05, 4.69) is 22.0 Å². The van der Waals surface area contributed by atoms with Crippen LogP contribution in [0.2, 0.25) is 0 Å². The van der Waals surface area contributed by atoms with Gasteiger partial charge < -0.3 is 9.15 Å². The van der Waals surface area contributed by atoms with Crippen LogP contribution in [0.25, 0.3) is 11.5 Å². The number of nitrogens with zero attached hydrogens (tertiary/aromatic N) is 2. The van der Waals surface area contributed by atoms with Gasteiger partial charge in [0.1, 0.15) is 11.6 Å². The van der Waals surface area contributed by atoms with Crippen molar-refractivity contribution in [3.05, 3.63) is 77.4 Å². The van der Waals surface area contributed by atoms with Gasteiger partial charge in [0.25, 0.3) is 0 Å². The summed E-state index contributed by atoms with van der Waals surface area (Å²) in [6, 6.07) is 16.8. The van der Waals surface area contributed by atoms with E-state index in [1.54, 1.807) is 18.2 Å². The topological polar surface area (TPSA) is 38.5 Å². The van der Waals surface area contributed by atoms with E-state index in [0.717, 1.165) is 37.4 Å². The van der Waals surface area contributed by atoms with Crippen molar-refractivity contribution >= 4 is 0 Å². The Hall–Kier alpha value is -2.50. The lowest BCUT2D eigenvalue weighted by Gasteiger charge is -2.32. The first-order valence-corrected chi connectivity index (χ1v) is 9.78. The highest BCUT2D eigenvalue weighted by Gasteiger charge is 2.23. The fraction of sp³-hybridized carbons (Fsp3) is 0.348. The molecule has 0 aliphatic carbocycles. The summed E-state index contributed by atoms with van der Waals surface area (Å²) in [4.78, 5) is 6.91. The number of piperidine rings is 1. The van der Waals surface area contributed by atoms with Crippen molar-refractivity contribution in [2.24, 2.45) is 0 Å². The van der Waals surface area contributed by atoms with E-state index in [-0.39, 0.29) is 11.9 Å². The Morgan fingerprint density at radius 3 is 2.75 bits per heavy atom. The summed E-state index contributed by atoms with van der Waals surface area (Å²) >= 11 is 0. The standard InChI is InChI=1S/C23H25FN2O2/c1-17-22(25-23(28-17)20-11-5-6-12-21(20)24)15-26-13-7-10-19(14-26)27-16-18-8-3-2-4-9-18/h2-6,8-9,11-12,19H,7,10,13-16H2,1H3/t19-/m1/s1. The molecule has 0 unspecified atom stereocenters. The van der Waals surface area contributed by atoms with Crippen LogP contribution in [-0.4, -0.2) is 29.1 Å². The molecule has 1 aliphatic rings. The minimum absolute atomic E-state index is 0.215. The quantitative estimate of drug-likeness (QED) is 0.605. The van der Waals surface area contributed by atoms with Gasteiger partial charge in [-0.1, -0.05) is 42.5 Å². The predicted octanol–water partition coefficient (Wildman–Crippen LogP) is 4.97. The number of likely N-dealkylation sites (tertiary alicyclic amines) is 1. The average molecular weight is 380 g/mol. The normalized spacial score (nSPS) is 17.7. The zero-order valence-electron chi connectivity index (χ0n) is 16.1. The van der Waals surface area contributed by atoms with Crippen molar-refractivity contribution in [1.29, 1.82) is 0 Å². The molecule has 2 aromatic carbocycles. The van der Waals surface area contributed by atoms with Crippen molar-refractivity contribution < 1.29 is 13.5 Å². The molecule has 1 aliphatic heterocycles. The molecule has 0 saturated carbocycles. The zero-order valence-corrected chi connectivity index (χ0v) is 16.1. The molecule has 5 heteroatoms. The number of hydrogen-bond donors (Lipinski definition) is 0. The largest absolute Gasteiger partial charge is 0.441 e. The van der Waals surface area contributed by atoms with Gasteiger partial charge in [-0.2, -0.15) is 0 Å². The third-order valence-electron chi connectivity index (χ3n) is 5.16. The molecule has 1 fully saturated rings. The molecule has 2 heterocycles. The third kappa shape index (κ3) is 4.49. The number of aromatic nitrogens is 1. The van der Waals surface area contributed by atoms with Crippen LogP contribution < -0.4 is 0 Å². The molecule has 0 spiro atoms. The SMILES string of the molecule is Cc1oc(-c2ccccc2F)nc1CN1CCC[C@@H](OCc2ccccc2)C1. The van der Waals surface area contributed by atoms with E-state index in [1.165, 1.54) is 11.6 Å². The smallest absolute Gasteiger partial charge is 0.229 e. The molecule has 146 valence electrons. The number of rotatable bonds is 6. The van der Waals surface area contributed by atoms with E-state index in [4.69, 9.17) is 9.15 Å². The van der Waals surface area contributed by atoms with Gasteiger partial charge in [0.05, 0.1) is 24.0 Å². The number of aryl methyl sites for hydroxylation is 1. The highest BCUT2D eigenvalue weighted by molar-refractivity contribution is 5.54. The van der Waals surface area contributed by atoms with Crippen molar-refractivity contribution in [3.63, 3.8) is 0 Å². The van der Waals surface area contributed by atoms with Crippen molar-refractivity contribution in [1.82, 2.24) is 9.88 Å². The lowest BCUT2D eigenvalue weighted by Crippen LogP contribution is -2.39. The Bertz CT molecular complexity index is 910. The van der Waals surface area contributed by atoms with Crippen LogP contribution in [0, 0.1) is 12.7 Å². The average Bonchev–Trinajstić information content (AvgIpc) is 3.08. The lowest BCUT2D eigenvalue weighted by atomic mass is 10.1. The molecular formula is C23H25FN2O2. The third-order valence-corrected chi connectivity index (χ3v) is 5.16. The zero-order chi connectivity index (χ0) is 19.3. The Morgan fingerprint density at radius 2 is 1.93 bits per heavy atom. The van der Waals surface area contributed by atoms with Gasteiger partial charge in [0, 0.05) is 13.1 Å². The minimum atomic E-state index is -0.317. The number of halogens is 1. The summed E-state index contributed by atoms with van der Waals surface area (Å²) in [5, 5.41) is 0. The molecule has 28 heavy (non-hydrogen) atoms. The molecule has 0 radical (unpaired) electrons. The minimum Gasteiger partial charge on any atom is -0.441 e. The van der Waals surface area contributed by atoms with Crippen LogP contribution in [0.3, 0.4) is 0 Å². The first-order chi connectivity index (χ1) is 13.7. The van der Waals surface area contributed by atoms with Crippen LogP contribution in [0.1, 0.15) is 29.9 Å². The summed E-state index contributed by atoms with van der Waals surface area (Å²) in [5.74, 6) is 0.771. The number of oxazole rings is 1. The van der Waals surface area contributed by atoms with Crippen LogP contribution in [0.4, 0.5) is 4.39 Å². The molecule has 4 nitrogen and oxygen atoms in total. The first-order valence-electron chi connectivity index (χ1n) is 9.78. The van der Waals surface area contributed by atoms with E-state index >= 15 is 0 Å². The molecule has 3 aromatic rings. The second kappa shape index (κ2) is 8.67. The molecule has 4 rings (SSSR count). The van der Waals surface area contributed by atoms with Gasteiger partial charge in [-0.3, -0.25) is 4.90 Å². The Morgan fingerprint density at radius 1 is 1.14 bits per heavy atom. The van der Waals surface area contributed by atoms with Gasteiger partial charge in [-0.05, 0) is 44.0 Å². The molecule has 0 amide bonds. The molecule has 1 aromatic heterocycles. The van der Waals surface area contributed by atoms with Crippen molar-refractivity contribution in [3.8, 4) is 11.5 Å². The summed E-state index contributed by atoms with van der Waals surface area (Å²) in [6.07, 6.45) is 2.38. The monoisotopic (exact) mass is 380 g/mol. The fourth-order valence-electron chi connectivity index (χ4n) is 3.62. The second-order valence-electron chi connectivity index (χ2n) is 7.30. The highest BCUT2D eigenvalue weighted by atomic mass is 19.1. The van der Waals surface area contributed by atoms with Crippen LogP contribution in [0.15, 0.2) is 59.0 Å². The predicted molar refractivity (Wildman–Crippen MR) is 106 cm³/mol. The Labute approximate surface area is 165 Å². The van der Waals surface area contributed by atoms with Crippen molar-refractivity contribution in [2.45, 2.75) is 39.0 Å². The molecule has 1 atom stereocenters. The summed E-state index contributed by atoms with van der Waals surface area (Å²) in [7, 11) is 0. The number of benzene rings is 2. The maximum Gasteiger partial charge on any atom is 0.229 e. The maximum atomic E-state index is 14.0. The maximum absolute atomic E-state index is 14.0. The summed E-state index contributed by atoms with van der Waals surface area (Å²) in [6.45, 7) is 5.09. The van der Waals surface area contributed by atoms with Gasteiger partial charge >= 0.3 is 0 Å². The van der Waals surface area contributed by atoms with Crippen LogP contribution in [0.5, 0.6) is 0 Å². The first kappa shape index (κ1) is 18.8. The molecule has 0 N–H and O–H groups in total. The Balaban J connectivity index is 1.38. The van der Waals surface area contributed by atoms with Gasteiger partial charge in [0.15, 0.2) is 0 Å². The van der Waals surface area contributed by atoms with E-state index in [0.29, 0.717) is 24.6 Å². The van der Waals surface area contributed by atoms with Crippen LogP contribution in [-0.2, 0) is 17.9 Å².